The van der Waals surface area contributed by atoms with E-state index in [1.54, 1.807) is 6.92 Å². The molecule has 0 heterocycles. The Balaban J connectivity index is 2.62. The van der Waals surface area contributed by atoms with Crippen LogP contribution in [0.25, 0.3) is 0 Å². The number of unbranched alkanes of at least 4 members (excludes halogenated alkanes) is 2. The number of rotatable bonds is 6. The molecule has 1 heteroatoms. The van der Waals surface area contributed by atoms with Crippen LogP contribution < -0.4 is 0 Å². The third-order valence-corrected chi connectivity index (χ3v) is 2.79. The maximum atomic E-state index is 11.5. The van der Waals surface area contributed by atoms with E-state index in [0.29, 0.717) is 0 Å². The maximum absolute atomic E-state index is 11.5. The van der Waals surface area contributed by atoms with Crippen LogP contribution in [0.5, 0.6) is 0 Å². The second-order valence-electron chi connectivity index (χ2n) is 4.07. The molecule has 15 heavy (non-hydrogen) atoms. The van der Waals surface area contributed by atoms with E-state index in [1.807, 2.05) is 18.2 Å². The minimum Gasteiger partial charge on any atom is -0.299 e. The number of hydrogen-bond donors (Lipinski definition) is 0. The van der Waals surface area contributed by atoms with E-state index >= 15 is 0 Å². The van der Waals surface area contributed by atoms with Crippen LogP contribution in [-0.2, 0) is 4.79 Å². The Morgan fingerprint density at radius 3 is 2.40 bits per heavy atom. The summed E-state index contributed by atoms with van der Waals surface area (Å²) in [5.41, 5.74) is 1.17. The van der Waals surface area contributed by atoms with Gasteiger partial charge in [0.15, 0.2) is 0 Å². The van der Waals surface area contributed by atoms with Crippen molar-refractivity contribution in [2.24, 2.45) is 0 Å². The highest BCUT2D eigenvalue weighted by molar-refractivity contribution is 5.83. The number of hydrogen-bond acceptors (Lipinski definition) is 1. The number of Topliss-reactive ketones (excluding diaryl/α,β-unsaturated/α-hetero) is 1. The van der Waals surface area contributed by atoms with Gasteiger partial charge in [-0.3, -0.25) is 4.79 Å². The van der Waals surface area contributed by atoms with Crippen molar-refractivity contribution in [2.45, 2.75) is 45.4 Å². The van der Waals surface area contributed by atoms with Crippen molar-refractivity contribution in [1.82, 2.24) is 0 Å². The highest BCUT2D eigenvalue weighted by Gasteiger charge is 2.15. The normalized spacial score (nSPS) is 12.4. The third kappa shape index (κ3) is 3.86. The molecule has 0 fully saturated rings. The highest BCUT2D eigenvalue weighted by atomic mass is 16.1. The van der Waals surface area contributed by atoms with E-state index in [4.69, 9.17) is 0 Å². The average Bonchev–Trinajstić information content (AvgIpc) is 2.25. The van der Waals surface area contributed by atoms with Crippen molar-refractivity contribution >= 4 is 5.78 Å². The molecule has 82 valence electrons. The summed E-state index contributed by atoms with van der Waals surface area (Å²) < 4.78 is 0. The molecule has 0 aliphatic carbocycles. The molecule has 0 aromatic heterocycles. The molecule has 0 saturated carbocycles. The Bertz CT molecular complexity index is 289. The molecule has 1 rings (SSSR count). The summed E-state index contributed by atoms with van der Waals surface area (Å²) in [5, 5.41) is 0. The van der Waals surface area contributed by atoms with Crippen molar-refractivity contribution in [1.29, 1.82) is 0 Å². The molecule has 1 aromatic carbocycles. The first-order chi connectivity index (χ1) is 7.25. The van der Waals surface area contributed by atoms with E-state index in [1.165, 1.54) is 18.4 Å². The quantitative estimate of drug-likeness (QED) is 0.641. The summed E-state index contributed by atoms with van der Waals surface area (Å²) in [6, 6.07) is 10.1. The largest absolute Gasteiger partial charge is 0.299 e. The molecule has 1 aromatic rings. The van der Waals surface area contributed by atoms with Gasteiger partial charge in [0.05, 0.1) is 0 Å². The summed E-state index contributed by atoms with van der Waals surface area (Å²) >= 11 is 0. The monoisotopic (exact) mass is 204 g/mol. The van der Waals surface area contributed by atoms with E-state index in [2.05, 4.69) is 19.1 Å². The van der Waals surface area contributed by atoms with Gasteiger partial charge >= 0.3 is 0 Å². The predicted molar refractivity (Wildman–Crippen MR) is 64.0 cm³/mol. The molecule has 1 nitrogen and oxygen atoms in total. The lowest BCUT2D eigenvalue weighted by atomic mass is 9.90. The SMILES string of the molecule is CCCCCC(C(C)=O)c1ccccc1. The third-order valence-electron chi connectivity index (χ3n) is 2.79. The minimum absolute atomic E-state index is 0.109. The summed E-state index contributed by atoms with van der Waals surface area (Å²) in [6.07, 6.45) is 4.57. The summed E-state index contributed by atoms with van der Waals surface area (Å²) in [5.74, 6) is 0.398. The van der Waals surface area contributed by atoms with E-state index in [-0.39, 0.29) is 11.7 Å². The van der Waals surface area contributed by atoms with Gasteiger partial charge in [0.1, 0.15) is 5.78 Å². The van der Waals surface area contributed by atoms with Gasteiger partial charge in [0, 0.05) is 5.92 Å². The fourth-order valence-corrected chi connectivity index (χ4v) is 1.89. The van der Waals surface area contributed by atoms with Crippen LogP contribution in [0.4, 0.5) is 0 Å². The minimum atomic E-state index is 0.109. The maximum Gasteiger partial charge on any atom is 0.137 e. The van der Waals surface area contributed by atoms with E-state index < -0.39 is 0 Å². The van der Waals surface area contributed by atoms with Crippen LogP contribution >= 0.6 is 0 Å². The van der Waals surface area contributed by atoms with E-state index in [9.17, 15) is 4.79 Å². The van der Waals surface area contributed by atoms with Crippen molar-refractivity contribution in [3.63, 3.8) is 0 Å². The van der Waals surface area contributed by atoms with Crippen LogP contribution in [0.3, 0.4) is 0 Å². The fourth-order valence-electron chi connectivity index (χ4n) is 1.89. The van der Waals surface area contributed by atoms with Crippen LogP contribution in [0.2, 0.25) is 0 Å². The first kappa shape index (κ1) is 12.0. The number of benzene rings is 1. The Hall–Kier alpha value is -1.11. The molecular formula is C14H20O. The average molecular weight is 204 g/mol. The highest BCUT2D eigenvalue weighted by Crippen LogP contribution is 2.23. The molecule has 0 bridgehead atoms. The second-order valence-corrected chi connectivity index (χ2v) is 4.07. The lowest BCUT2D eigenvalue weighted by Crippen LogP contribution is -2.08. The molecule has 0 radical (unpaired) electrons. The zero-order valence-corrected chi connectivity index (χ0v) is 9.70. The smallest absolute Gasteiger partial charge is 0.137 e. The van der Waals surface area contributed by atoms with Gasteiger partial charge < -0.3 is 0 Å². The van der Waals surface area contributed by atoms with Crippen molar-refractivity contribution in [3.05, 3.63) is 35.9 Å². The van der Waals surface area contributed by atoms with Crippen molar-refractivity contribution < 1.29 is 4.79 Å². The Kier molecular flexibility index (Phi) is 5.09. The zero-order chi connectivity index (χ0) is 11.1. The van der Waals surface area contributed by atoms with Crippen LogP contribution in [-0.4, -0.2) is 5.78 Å². The summed E-state index contributed by atoms with van der Waals surface area (Å²) in [7, 11) is 0. The predicted octanol–water partition coefficient (Wildman–Crippen LogP) is 3.94. The number of carbonyl (C=O) groups excluding carboxylic acids is 1. The van der Waals surface area contributed by atoms with Crippen molar-refractivity contribution in [3.8, 4) is 0 Å². The molecule has 0 saturated heterocycles. The van der Waals surface area contributed by atoms with Crippen LogP contribution in [0.15, 0.2) is 30.3 Å². The second kappa shape index (κ2) is 6.39. The molecular weight excluding hydrogens is 184 g/mol. The lowest BCUT2D eigenvalue weighted by molar-refractivity contribution is -0.118. The lowest BCUT2D eigenvalue weighted by Gasteiger charge is -2.13. The topological polar surface area (TPSA) is 17.1 Å². The first-order valence-electron chi connectivity index (χ1n) is 5.81. The molecule has 0 aliphatic heterocycles. The molecule has 0 amide bonds. The Morgan fingerprint density at radius 1 is 1.20 bits per heavy atom. The molecule has 0 spiro atoms. The van der Waals surface area contributed by atoms with Gasteiger partial charge in [-0.2, -0.15) is 0 Å². The molecule has 0 N–H and O–H groups in total. The summed E-state index contributed by atoms with van der Waals surface area (Å²) in [6.45, 7) is 3.88. The number of carbonyl (C=O) groups is 1. The summed E-state index contributed by atoms with van der Waals surface area (Å²) in [4.78, 5) is 11.5. The van der Waals surface area contributed by atoms with Gasteiger partial charge in [-0.1, -0.05) is 56.5 Å². The molecule has 0 aliphatic rings. The van der Waals surface area contributed by atoms with Crippen LogP contribution in [0, 0.1) is 0 Å². The Morgan fingerprint density at radius 2 is 1.87 bits per heavy atom. The number of ketones is 1. The van der Waals surface area contributed by atoms with Crippen LogP contribution in [0.1, 0.15) is 51.0 Å². The molecule has 1 unspecified atom stereocenters. The van der Waals surface area contributed by atoms with Crippen molar-refractivity contribution in [2.75, 3.05) is 0 Å². The first-order valence-corrected chi connectivity index (χ1v) is 5.81. The van der Waals surface area contributed by atoms with Gasteiger partial charge in [0.2, 0.25) is 0 Å². The Labute approximate surface area is 92.5 Å². The van der Waals surface area contributed by atoms with Gasteiger partial charge in [-0.05, 0) is 18.9 Å². The zero-order valence-electron chi connectivity index (χ0n) is 9.70. The molecule has 1 atom stereocenters. The van der Waals surface area contributed by atoms with Gasteiger partial charge in [-0.15, -0.1) is 0 Å². The standard InChI is InChI=1S/C14H20O/c1-3-4-6-11-14(12(2)15)13-9-7-5-8-10-13/h5,7-10,14H,3-4,6,11H2,1-2H3. The van der Waals surface area contributed by atoms with E-state index in [0.717, 1.165) is 12.8 Å². The fraction of sp³-hybridized carbons (Fsp3) is 0.500. The van der Waals surface area contributed by atoms with Gasteiger partial charge in [0.25, 0.3) is 0 Å². The van der Waals surface area contributed by atoms with Gasteiger partial charge in [-0.25, -0.2) is 0 Å².